The van der Waals surface area contributed by atoms with E-state index < -0.39 is 5.60 Å². The Hall–Kier alpha value is 0.825. The third kappa shape index (κ3) is 4.24. The molecule has 0 rings (SSSR count). The van der Waals surface area contributed by atoms with E-state index in [1.54, 1.807) is 7.05 Å². The van der Waals surface area contributed by atoms with Crippen LogP contribution in [-0.2, 0) is 0 Å². The molecule has 0 aromatic heterocycles. The second kappa shape index (κ2) is 7.16. The zero-order chi connectivity index (χ0) is 9.78. The molecule has 0 aliphatic heterocycles. The van der Waals surface area contributed by atoms with Crippen molar-refractivity contribution in [1.29, 1.82) is 0 Å². The number of nitrogens with zero attached hydrogens (tertiary/aromatic N) is 1. The Balaban J connectivity index is 0. The van der Waals surface area contributed by atoms with Crippen molar-refractivity contribution < 1.29 is 40.7 Å². The second-order valence-electron chi connectivity index (χ2n) is 3.64. The van der Waals surface area contributed by atoms with E-state index in [0.717, 1.165) is 18.6 Å². The van der Waals surface area contributed by atoms with Gasteiger partial charge in [-0.05, 0) is 19.3 Å². The molecular weight excluding hydrogens is 289 g/mol. The molecule has 0 heterocycles. The van der Waals surface area contributed by atoms with Gasteiger partial charge in [-0.1, -0.05) is 27.2 Å². The van der Waals surface area contributed by atoms with Gasteiger partial charge in [-0.15, -0.1) is 0 Å². The van der Waals surface area contributed by atoms with Crippen molar-refractivity contribution in [3.8, 4) is 0 Å². The van der Waals surface area contributed by atoms with Gasteiger partial charge in [0.15, 0.2) is 0 Å². The summed E-state index contributed by atoms with van der Waals surface area (Å²) >= 11 is 0. The molecule has 3 heteroatoms. The molecule has 0 saturated carbocycles. The summed E-state index contributed by atoms with van der Waals surface area (Å²) in [7, 11) is 1.73. The molecule has 0 aliphatic rings. The Labute approximate surface area is 110 Å². The first-order valence-corrected chi connectivity index (χ1v) is 4.65. The van der Waals surface area contributed by atoms with Crippen LogP contribution in [0.25, 0.3) is 0 Å². The SMILES string of the molecule is CCCC(O)(C(C)=NC)C(C)C.[La]. The molecule has 0 spiro atoms. The van der Waals surface area contributed by atoms with Crippen molar-refractivity contribution in [2.45, 2.75) is 46.1 Å². The number of aliphatic hydroxyl groups is 1. The largest absolute Gasteiger partial charge is 0.384 e. The summed E-state index contributed by atoms with van der Waals surface area (Å²) in [4.78, 5) is 4.07. The van der Waals surface area contributed by atoms with Crippen LogP contribution in [0.5, 0.6) is 0 Å². The third-order valence-electron chi connectivity index (χ3n) is 2.55. The smallest absolute Gasteiger partial charge is 0.104 e. The van der Waals surface area contributed by atoms with Crippen LogP contribution in [-0.4, -0.2) is 23.5 Å². The van der Waals surface area contributed by atoms with Crippen molar-refractivity contribution in [1.82, 2.24) is 0 Å². The van der Waals surface area contributed by atoms with Crippen LogP contribution >= 0.6 is 0 Å². The average molecular weight is 310 g/mol. The van der Waals surface area contributed by atoms with Crippen LogP contribution in [0.3, 0.4) is 0 Å². The normalized spacial score (nSPS) is 16.7. The molecule has 0 bridgehead atoms. The molecule has 1 radical (unpaired) electrons. The summed E-state index contributed by atoms with van der Waals surface area (Å²) in [5.41, 5.74) is 0.156. The zero-order valence-electron chi connectivity index (χ0n) is 9.46. The van der Waals surface area contributed by atoms with E-state index >= 15 is 0 Å². The molecule has 0 aromatic carbocycles. The molecule has 0 aliphatic carbocycles. The first-order valence-electron chi connectivity index (χ1n) is 4.65. The van der Waals surface area contributed by atoms with Gasteiger partial charge in [-0.2, -0.15) is 0 Å². The summed E-state index contributed by atoms with van der Waals surface area (Å²) in [6, 6.07) is 0. The van der Waals surface area contributed by atoms with Crippen molar-refractivity contribution in [3.63, 3.8) is 0 Å². The van der Waals surface area contributed by atoms with Crippen molar-refractivity contribution in [2.75, 3.05) is 7.05 Å². The average Bonchev–Trinajstić information content (AvgIpc) is 2.03. The minimum Gasteiger partial charge on any atom is -0.384 e. The van der Waals surface area contributed by atoms with E-state index in [9.17, 15) is 5.11 Å². The standard InChI is InChI=1S/C10H21NO.La/c1-6-7-10(12,8(2)3)9(4)11-5;/h8,12H,6-7H2,1-5H3;. The van der Waals surface area contributed by atoms with Crippen LogP contribution in [0.1, 0.15) is 40.5 Å². The molecule has 2 nitrogen and oxygen atoms in total. The van der Waals surface area contributed by atoms with Crippen LogP contribution < -0.4 is 0 Å². The number of rotatable bonds is 4. The first-order chi connectivity index (χ1) is 5.49. The minimum absolute atomic E-state index is 0. The minimum atomic E-state index is -0.691. The molecule has 1 unspecified atom stereocenters. The van der Waals surface area contributed by atoms with E-state index in [1.165, 1.54) is 0 Å². The Morgan fingerprint density at radius 2 is 1.92 bits per heavy atom. The maximum atomic E-state index is 10.2. The summed E-state index contributed by atoms with van der Waals surface area (Å²) in [5.74, 6) is 0.237. The fourth-order valence-electron chi connectivity index (χ4n) is 1.46. The summed E-state index contributed by atoms with van der Waals surface area (Å²) < 4.78 is 0. The predicted molar refractivity (Wildman–Crippen MR) is 53.7 cm³/mol. The zero-order valence-corrected chi connectivity index (χ0v) is 13.1. The van der Waals surface area contributed by atoms with E-state index in [2.05, 4.69) is 11.9 Å². The molecule has 0 aromatic rings. The van der Waals surface area contributed by atoms with Crippen LogP contribution in [0.15, 0.2) is 4.99 Å². The van der Waals surface area contributed by atoms with Gasteiger partial charge in [0.1, 0.15) is 5.60 Å². The Morgan fingerprint density at radius 3 is 2.15 bits per heavy atom. The topological polar surface area (TPSA) is 32.6 Å². The van der Waals surface area contributed by atoms with Crippen molar-refractivity contribution >= 4 is 5.71 Å². The number of hydrogen-bond donors (Lipinski definition) is 1. The second-order valence-corrected chi connectivity index (χ2v) is 3.64. The summed E-state index contributed by atoms with van der Waals surface area (Å²) in [6.07, 6.45) is 1.79. The van der Waals surface area contributed by atoms with Gasteiger partial charge in [-0.25, -0.2) is 0 Å². The molecule has 1 N–H and O–H groups in total. The first kappa shape index (κ1) is 16.3. The third-order valence-corrected chi connectivity index (χ3v) is 2.55. The summed E-state index contributed by atoms with van der Waals surface area (Å²) in [6.45, 7) is 8.04. The van der Waals surface area contributed by atoms with Gasteiger partial charge in [0.25, 0.3) is 0 Å². The van der Waals surface area contributed by atoms with E-state index in [0.29, 0.717) is 0 Å². The Morgan fingerprint density at radius 1 is 1.46 bits per heavy atom. The van der Waals surface area contributed by atoms with Gasteiger partial charge in [0.2, 0.25) is 0 Å². The Bertz CT molecular complexity index is 168. The number of hydrogen-bond acceptors (Lipinski definition) is 2. The maximum absolute atomic E-state index is 10.2. The number of aliphatic imine (C=N–C) groups is 1. The fourth-order valence-corrected chi connectivity index (χ4v) is 1.46. The van der Waals surface area contributed by atoms with E-state index in [1.807, 2.05) is 20.8 Å². The fraction of sp³-hybridized carbons (Fsp3) is 0.900. The molecule has 0 amide bonds. The van der Waals surface area contributed by atoms with Crippen LogP contribution in [0.2, 0.25) is 0 Å². The summed E-state index contributed by atoms with van der Waals surface area (Å²) in [5, 5.41) is 10.2. The van der Waals surface area contributed by atoms with Gasteiger partial charge in [0, 0.05) is 48.4 Å². The van der Waals surface area contributed by atoms with Gasteiger partial charge < -0.3 is 5.11 Å². The molecule has 0 fully saturated rings. The Kier molecular flexibility index (Phi) is 8.96. The molecule has 0 saturated heterocycles. The quantitative estimate of drug-likeness (QED) is 0.794. The van der Waals surface area contributed by atoms with E-state index in [4.69, 9.17) is 0 Å². The molecule has 13 heavy (non-hydrogen) atoms. The van der Waals surface area contributed by atoms with Crippen molar-refractivity contribution in [2.24, 2.45) is 10.9 Å². The molecular formula is C10H21LaNO. The van der Waals surface area contributed by atoms with Gasteiger partial charge in [0.05, 0.1) is 0 Å². The molecule has 75 valence electrons. The van der Waals surface area contributed by atoms with Crippen LogP contribution in [0.4, 0.5) is 0 Å². The monoisotopic (exact) mass is 310 g/mol. The van der Waals surface area contributed by atoms with Crippen molar-refractivity contribution in [3.05, 3.63) is 0 Å². The van der Waals surface area contributed by atoms with E-state index in [-0.39, 0.29) is 41.5 Å². The van der Waals surface area contributed by atoms with Gasteiger partial charge in [-0.3, -0.25) is 4.99 Å². The maximum Gasteiger partial charge on any atom is 0.104 e. The van der Waals surface area contributed by atoms with Gasteiger partial charge >= 0.3 is 0 Å². The van der Waals surface area contributed by atoms with Crippen LogP contribution in [0, 0.1) is 41.5 Å². The molecule has 1 atom stereocenters. The predicted octanol–water partition coefficient (Wildman–Crippen LogP) is 2.26.